The molecule has 1 amide bonds. The molecule has 1 aromatic rings. The third-order valence-electron chi connectivity index (χ3n) is 2.23. The van der Waals surface area contributed by atoms with Gasteiger partial charge in [0, 0.05) is 19.3 Å². The number of carbonyl (C=O) groups is 1. The van der Waals surface area contributed by atoms with Crippen molar-refractivity contribution in [3.63, 3.8) is 0 Å². The van der Waals surface area contributed by atoms with Crippen LogP contribution >= 0.6 is 12.2 Å². The number of ether oxygens (including phenoxy) is 1. The van der Waals surface area contributed by atoms with Crippen LogP contribution in [-0.2, 0) is 4.74 Å². The summed E-state index contributed by atoms with van der Waals surface area (Å²) in [6.45, 7) is 8.33. The van der Waals surface area contributed by atoms with E-state index in [1.165, 1.54) is 0 Å². The van der Waals surface area contributed by atoms with Crippen molar-refractivity contribution in [2.45, 2.75) is 33.3 Å². The topological polar surface area (TPSA) is 75.3 Å². The lowest BCUT2D eigenvalue weighted by Crippen LogP contribution is -2.39. The molecule has 0 aromatic carbocycles. The summed E-state index contributed by atoms with van der Waals surface area (Å²) in [5.41, 5.74) is 0.590. The van der Waals surface area contributed by atoms with Crippen LogP contribution in [0.1, 0.15) is 26.3 Å². The molecule has 0 saturated heterocycles. The summed E-state index contributed by atoms with van der Waals surface area (Å²) in [5, 5.41) is 9.03. The second kappa shape index (κ2) is 7.78. The molecule has 0 fully saturated rings. The van der Waals surface area contributed by atoms with Gasteiger partial charge in [-0.25, -0.2) is 9.78 Å². The van der Waals surface area contributed by atoms with Crippen LogP contribution in [0, 0.1) is 6.92 Å². The number of hydrogen-bond donors (Lipinski definition) is 3. The van der Waals surface area contributed by atoms with E-state index in [2.05, 4.69) is 20.9 Å². The molecule has 0 bridgehead atoms. The molecule has 1 heterocycles. The van der Waals surface area contributed by atoms with Crippen molar-refractivity contribution in [2.24, 2.45) is 0 Å². The van der Waals surface area contributed by atoms with E-state index in [1.807, 2.05) is 39.8 Å². The summed E-state index contributed by atoms with van der Waals surface area (Å²) < 4.78 is 5.12. The van der Waals surface area contributed by atoms with Crippen molar-refractivity contribution in [1.82, 2.24) is 15.6 Å². The number of alkyl carbamates (subject to hydrolysis) is 1. The number of rotatable bonds is 4. The van der Waals surface area contributed by atoms with Crippen molar-refractivity contribution in [2.75, 3.05) is 18.4 Å². The number of carbonyl (C=O) groups excluding carboxylic acids is 1. The Morgan fingerprint density at radius 2 is 1.95 bits per heavy atom. The Morgan fingerprint density at radius 1 is 1.29 bits per heavy atom. The van der Waals surface area contributed by atoms with Gasteiger partial charge in [0.1, 0.15) is 11.4 Å². The highest BCUT2D eigenvalue weighted by molar-refractivity contribution is 7.80. The highest BCUT2D eigenvalue weighted by atomic mass is 32.1. The molecule has 0 saturated carbocycles. The van der Waals surface area contributed by atoms with Crippen molar-refractivity contribution >= 4 is 29.2 Å². The Bertz CT molecular complexity index is 483. The van der Waals surface area contributed by atoms with Crippen LogP contribution in [0.5, 0.6) is 0 Å². The van der Waals surface area contributed by atoms with E-state index in [4.69, 9.17) is 17.0 Å². The minimum absolute atomic E-state index is 0.415. The van der Waals surface area contributed by atoms with E-state index in [1.54, 1.807) is 6.20 Å². The minimum Gasteiger partial charge on any atom is -0.444 e. The van der Waals surface area contributed by atoms with Crippen LogP contribution < -0.4 is 16.0 Å². The van der Waals surface area contributed by atoms with Gasteiger partial charge in [-0.3, -0.25) is 0 Å². The molecule has 1 rings (SSSR count). The Labute approximate surface area is 130 Å². The molecule has 0 aliphatic heterocycles. The van der Waals surface area contributed by atoms with Crippen LogP contribution in [0.3, 0.4) is 0 Å². The summed E-state index contributed by atoms with van der Waals surface area (Å²) in [7, 11) is 0. The lowest BCUT2D eigenvalue weighted by atomic mass is 10.2. The van der Waals surface area contributed by atoms with Gasteiger partial charge in [0.15, 0.2) is 5.11 Å². The van der Waals surface area contributed by atoms with Crippen molar-refractivity contribution in [3.05, 3.63) is 23.9 Å². The Balaban J connectivity index is 2.19. The number of nitrogens with one attached hydrogen (secondary N) is 3. The third-order valence-corrected chi connectivity index (χ3v) is 2.48. The fourth-order valence-electron chi connectivity index (χ4n) is 1.36. The van der Waals surface area contributed by atoms with Gasteiger partial charge in [-0.05, 0) is 51.5 Å². The van der Waals surface area contributed by atoms with E-state index < -0.39 is 11.7 Å². The zero-order chi connectivity index (χ0) is 15.9. The maximum atomic E-state index is 11.4. The molecule has 7 heteroatoms. The largest absolute Gasteiger partial charge is 0.444 e. The highest BCUT2D eigenvalue weighted by Crippen LogP contribution is 2.06. The van der Waals surface area contributed by atoms with Crippen LogP contribution in [0.4, 0.5) is 10.6 Å². The number of pyridine rings is 1. The normalized spacial score (nSPS) is 10.7. The van der Waals surface area contributed by atoms with Crippen LogP contribution in [0.25, 0.3) is 0 Å². The SMILES string of the molecule is Cc1ccc(NC(=S)NCCNC(=O)OC(C)(C)C)nc1. The van der Waals surface area contributed by atoms with Gasteiger partial charge >= 0.3 is 6.09 Å². The number of amides is 1. The quantitative estimate of drug-likeness (QED) is 0.585. The molecule has 0 aliphatic carbocycles. The number of hydrogen-bond acceptors (Lipinski definition) is 4. The molecule has 0 spiro atoms. The molecule has 21 heavy (non-hydrogen) atoms. The molecule has 6 nitrogen and oxygen atoms in total. The highest BCUT2D eigenvalue weighted by Gasteiger charge is 2.15. The number of aryl methyl sites for hydroxylation is 1. The second-order valence-corrected chi connectivity index (χ2v) is 5.94. The zero-order valence-corrected chi connectivity index (χ0v) is 13.6. The summed E-state index contributed by atoms with van der Waals surface area (Å²) in [4.78, 5) is 15.6. The summed E-state index contributed by atoms with van der Waals surface area (Å²) in [6.07, 6.45) is 1.32. The maximum absolute atomic E-state index is 11.4. The predicted octanol–water partition coefficient (Wildman–Crippen LogP) is 2.20. The first-order valence-corrected chi connectivity index (χ1v) is 7.11. The van der Waals surface area contributed by atoms with E-state index in [9.17, 15) is 4.79 Å². The van der Waals surface area contributed by atoms with Gasteiger partial charge in [0.05, 0.1) is 0 Å². The van der Waals surface area contributed by atoms with E-state index >= 15 is 0 Å². The molecular weight excluding hydrogens is 288 g/mol. The van der Waals surface area contributed by atoms with Gasteiger partial charge in [-0.2, -0.15) is 0 Å². The van der Waals surface area contributed by atoms with Gasteiger partial charge in [0.2, 0.25) is 0 Å². The average molecular weight is 310 g/mol. The maximum Gasteiger partial charge on any atom is 0.407 e. The second-order valence-electron chi connectivity index (χ2n) is 5.53. The van der Waals surface area contributed by atoms with E-state index in [0.29, 0.717) is 24.0 Å². The van der Waals surface area contributed by atoms with Gasteiger partial charge in [-0.1, -0.05) is 6.07 Å². The van der Waals surface area contributed by atoms with Crippen LogP contribution in [0.2, 0.25) is 0 Å². The van der Waals surface area contributed by atoms with Crippen molar-refractivity contribution in [3.8, 4) is 0 Å². The first-order valence-electron chi connectivity index (χ1n) is 6.70. The molecule has 0 aliphatic rings. The summed E-state index contributed by atoms with van der Waals surface area (Å²) in [5.74, 6) is 0.679. The number of nitrogens with zero attached hydrogens (tertiary/aromatic N) is 1. The van der Waals surface area contributed by atoms with E-state index in [0.717, 1.165) is 5.56 Å². The lowest BCUT2D eigenvalue weighted by Gasteiger charge is -2.19. The third kappa shape index (κ3) is 8.09. The molecule has 0 atom stereocenters. The average Bonchev–Trinajstić information content (AvgIpc) is 2.35. The number of thiocarbonyl (C=S) groups is 1. The Kier molecular flexibility index (Phi) is 6.36. The summed E-state index contributed by atoms with van der Waals surface area (Å²) in [6, 6.07) is 3.80. The molecule has 1 aromatic heterocycles. The Hall–Kier alpha value is -1.89. The smallest absolute Gasteiger partial charge is 0.407 e. The molecular formula is C14H22N4O2S. The first-order chi connectivity index (χ1) is 9.76. The van der Waals surface area contributed by atoms with Gasteiger partial charge < -0.3 is 20.7 Å². The van der Waals surface area contributed by atoms with Crippen molar-refractivity contribution in [1.29, 1.82) is 0 Å². The summed E-state index contributed by atoms with van der Waals surface area (Å²) >= 11 is 5.13. The molecule has 116 valence electrons. The van der Waals surface area contributed by atoms with E-state index in [-0.39, 0.29) is 0 Å². The van der Waals surface area contributed by atoms with Gasteiger partial charge in [-0.15, -0.1) is 0 Å². The molecule has 0 radical (unpaired) electrons. The number of aromatic nitrogens is 1. The standard InChI is InChI=1S/C14H22N4O2S/c1-10-5-6-11(17-9-10)18-12(21)15-7-8-16-13(19)20-14(2,3)4/h5-6,9H,7-8H2,1-4H3,(H,16,19)(H2,15,17,18,21). The monoisotopic (exact) mass is 310 g/mol. The van der Waals surface area contributed by atoms with Gasteiger partial charge in [0.25, 0.3) is 0 Å². The zero-order valence-electron chi connectivity index (χ0n) is 12.8. The fraction of sp³-hybridized carbons (Fsp3) is 0.500. The van der Waals surface area contributed by atoms with Crippen molar-refractivity contribution < 1.29 is 9.53 Å². The minimum atomic E-state index is -0.495. The first kappa shape index (κ1) is 17.2. The fourth-order valence-corrected chi connectivity index (χ4v) is 1.56. The van der Waals surface area contributed by atoms with Crippen LogP contribution in [-0.4, -0.2) is 34.9 Å². The molecule has 0 unspecified atom stereocenters. The predicted molar refractivity (Wildman–Crippen MR) is 87.4 cm³/mol. The molecule has 3 N–H and O–H groups in total. The number of anilines is 1. The Morgan fingerprint density at radius 3 is 2.52 bits per heavy atom. The lowest BCUT2D eigenvalue weighted by molar-refractivity contribution is 0.0529. The van der Waals surface area contributed by atoms with Crippen LogP contribution in [0.15, 0.2) is 18.3 Å².